The van der Waals surface area contributed by atoms with Gasteiger partial charge in [-0.3, -0.25) is 14.5 Å². The van der Waals surface area contributed by atoms with Gasteiger partial charge in [0, 0.05) is 13.6 Å². The van der Waals surface area contributed by atoms with Crippen molar-refractivity contribution in [2.45, 2.75) is 19.4 Å². The molecule has 1 unspecified atom stereocenters. The Hall–Kier alpha value is -1.88. The molecule has 5 heteroatoms. The molecule has 0 aliphatic rings. The van der Waals surface area contributed by atoms with Crippen LogP contribution in [0.5, 0.6) is 0 Å². The number of benzene rings is 1. The Labute approximate surface area is 126 Å². The van der Waals surface area contributed by atoms with E-state index in [0.29, 0.717) is 6.54 Å². The zero-order valence-corrected chi connectivity index (χ0v) is 13.2. The predicted molar refractivity (Wildman–Crippen MR) is 81.8 cm³/mol. The highest BCUT2D eigenvalue weighted by Crippen LogP contribution is 2.18. The molecule has 0 N–H and O–H groups in total. The standard InChI is InChI=1S/C16H24N2O3/c1-13(14-8-6-5-7-9-14)18(3)15(19)12-17(2)11-10-16(20)21-4/h5-9,13H,10-12H2,1-4H3. The number of amides is 1. The van der Waals surface area contributed by atoms with Crippen LogP contribution in [0.4, 0.5) is 0 Å². The lowest BCUT2D eigenvalue weighted by atomic mass is 10.1. The highest BCUT2D eigenvalue weighted by molar-refractivity contribution is 5.78. The van der Waals surface area contributed by atoms with Gasteiger partial charge in [-0.25, -0.2) is 0 Å². The predicted octanol–water partition coefficient (Wildman–Crippen LogP) is 1.70. The normalized spacial score (nSPS) is 12.0. The molecule has 0 aliphatic carbocycles. The van der Waals surface area contributed by atoms with Crippen LogP contribution in [-0.4, -0.2) is 56.0 Å². The minimum atomic E-state index is -0.264. The van der Waals surface area contributed by atoms with Crippen LogP contribution in [-0.2, 0) is 14.3 Å². The Bertz CT molecular complexity index is 462. The number of rotatable bonds is 7. The quantitative estimate of drug-likeness (QED) is 0.718. The summed E-state index contributed by atoms with van der Waals surface area (Å²) in [6.07, 6.45) is 0.290. The van der Waals surface area contributed by atoms with E-state index in [1.807, 2.05) is 49.2 Å². The van der Waals surface area contributed by atoms with E-state index in [1.165, 1.54) is 7.11 Å². The Kier molecular flexibility index (Phi) is 6.88. The molecule has 0 saturated carbocycles. The molecule has 1 aromatic rings. The largest absolute Gasteiger partial charge is 0.469 e. The van der Waals surface area contributed by atoms with Gasteiger partial charge in [0.15, 0.2) is 0 Å². The third-order valence-electron chi connectivity index (χ3n) is 3.59. The number of ether oxygens (including phenoxy) is 1. The first-order valence-electron chi connectivity index (χ1n) is 7.01. The number of nitrogens with zero attached hydrogens (tertiary/aromatic N) is 2. The van der Waals surface area contributed by atoms with Crippen molar-refractivity contribution in [3.63, 3.8) is 0 Å². The molecule has 1 rings (SSSR count). The topological polar surface area (TPSA) is 49.9 Å². The molecule has 0 radical (unpaired) electrons. The summed E-state index contributed by atoms with van der Waals surface area (Å²) in [7, 11) is 4.98. The Morgan fingerprint density at radius 2 is 1.81 bits per heavy atom. The maximum absolute atomic E-state index is 12.3. The molecule has 0 aromatic heterocycles. The van der Waals surface area contributed by atoms with Crippen LogP contribution in [0.3, 0.4) is 0 Å². The second kappa shape index (κ2) is 8.42. The highest BCUT2D eigenvalue weighted by atomic mass is 16.5. The van der Waals surface area contributed by atoms with Crippen LogP contribution in [0.1, 0.15) is 24.9 Å². The van der Waals surface area contributed by atoms with Crippen molar-refractivity contribution in [2.24, 2.45) is 0 Å². The van der Waals surface area contributed by atoms with Crippen molar-refractivity contribution in [2.75, 3.05) is 34.3 Å². The first kappa shape index (κ1) is 17.2. The van der Waals surface area contributed by atoms with Crippen LogP contribution in [0.15, 0.2) is 30.3 Å². The highest BCUT2D eigenvalue weighted by Gasteiger charge is 2.18. The van der Waals surface area contributed by atoms with Crippen molar-refractivity contribution in [1.29, 1.82) is 0 Å². The second-order valence-electron chi connectivity index (χ2n) is 5.16. The summed E-state index contributed by atoms with van der Waals surface area (Å²) < 4.78 is 4.59. The fourth-order valence-corrected chi connectivity index (χ4v) is 1.98. The van der Waals surface area contributed by atoms with E-state index in [-0.39, 0.29) is 30.9 Å². The SMILES string of the molecule is COC(=O)CCN(C)CC(=O)N(C)C(C)c1ccccc1. The van der Waals surface area contributed by atoms with E-state index in [9.17, 15) is 9.59 Å². The summed E-state index contributed by atoms with van der Waals surface area (Å²) in [6, 6.07) is 9.93. The van der Waals surface area contributed by atoms with E-state index in [1.54, 1.807) is 11.9 Å². The molecule has 1 amide bonds. The minimum Gasteiger partial charge on any atom is -0.469 e. The molecule has 21 heavy (non-hydrogen) atoms. The van der Waals surface area contributed by atoms with E-state index in [0.717, 1.165) is 5.56 Å². The number of carbonyl (C=O) groups excluding carboxylic acids is 2. The first-order valence-corrected chi connectivity index (χ1v) is 7.01. The number of methoxy groups -OCH3 is 1. The number of hydrogen-bond donors (Lipinski definition) is 0. The van der Waals surface area contributed by atoms with Gasteiger partial charge in [-0.2, -0.15) is 0 Å². The van der Waals surface area contributed by atoms with E-state index < -0.39 is 0 Å². The maximum Gasteiger partial charge on any atom is 0.306 e. The number of carbonyl (C=O) groups is 2. The van der Waals surface area contributed by atoms with E-state index >= 15 is 0 Å². The van der Waals surface area contributed by atoms with Crippen molar-refractivity contribution in [3.8, 4) is 0 Å². The van der Waals surface area contributed by atoms with Crippen LogP contribution >= 0.6 is 0 Å². The molecule has 0 saturated heterocycles. The number of esters is 1. The third kappa shape index (κ3) is 5.55. The fourth-order valence-electron chi connectivity index (χ4n) is 1.98. The molecule has 0 aliphatic heterocycles. The maximum atomic E-state index is 12.3. The molecule has 0 fully saturated rings. The summed E-state index contributed by atoms with van der Waals surface area (Å²) in [6.45, 7) is 2.79. The average molecular weight is 292 g/mol. The van der Waals surface area contributed by atoms with Gasteiger partial charge < -0.3 is 9.64 Å². The molecule has 0 heterocycles. The van der Waals surface area contributed by atoms with Gasteiger partial charge >= 0.3 is 5.97 Å². The minimum absolute atomic E-state index is 0.0210. The third-order valence-corrected chi connectivity index (χ3v) is 3.59. The van der Waals surface area contributed by atoms with Gasteiger partial charge in [-0.05, 0) is 19.5 Å². The van der Waals surface area contributed by atoms with Gasteiger partial charge in [0.1, 0.15) is 0 Å². The van der Waals surface area contributed by atoms with Crippen molar-refractivity contribution in [3.05, 3.63) is 35.9 Å². The van der Waals surface area contributed by atoms with Gasteiger partial charge in [-0.1, -0.05) is 30.3 Å². The summed E-state index contributed by atoms with van der Waals surface area (Å²) in [4.78, 5) is 26.9. The van der Waals surface area contributed by atoms with Gasteiger partial charge in [0.05, 0.1) is 26.1 Å². The Balaban J connectivity index is 2.49. The summed E-state index contributed by atoms with van der Waals surface area (Å²) in [5.41, 5.74) is 1.10. The molecular formula is C16H24N2O3. The molecular weight excluding hydrogens is 268 g/mol. The van der Waals surface area contributed by atoms with Crippen LogP contribution in [0.25, 0.3) is 0 Å². The van der Waals surface area contributed by atoms with E-state index in [2.05, 4.69) is 4.74 Å². The zero-order valence-electron chi connectivity index (χ0n) is 13.2. The van der Waals surface area contributed by atoms with Crippen molar-refractivity contribution in [1.82, 2.24) is 9.80 Å². The van der Waals surface area contributed by atoms with Gasteiger partial charge in [0.25, 0.3) is 0 Å². The first-order chi connectivity index (χ1) is 9.95. The van der Waals surface area contributed by atoms with Crippen molar-refractivity contribution >= 4 is 11.9 Å². The number of likely N-dealkylation sites (N-methyl/N-ethyl adjacent to an activating group) is 2. The second-order valence-corrected chi connectivity index (χ2v) is 5.16. The molecule has 1 atom stereocenters. The summed E-state index contributed by atoms with van der Waals surface area (Å²) in [5.74, 6) is -0.237. The molecule has 116 valence electrons. The molecule has 5 nitrogen and oxygen atoms in total. The zero-order chi connectivity index (χ0) is 15.8. The van der Waals surface area contributed by atoms with E-state index in [4.69, 9.17) is 0 Å². The summed E-state index contributed by atoms with van der Waals surface area (Å²) >= 11 is 0. The smallest absolute Gasteiger partial charge is 0.306 e. The molecule has 0 spiro atoms. The molecule has 1 aromatic carbocycles. The van der Waals surface area contributed by atoms with Crippen LogP contribution in [0.2, 0.25) is 0 Å². The lowest BCUT2D eigenvalue weighted by Crippen LogP contribution is -2.38. The Morgan fingerprint density at radius 1 is 1.19 bits per heavy atom. The lowest BCUT2D eigenvalue weighted by molar-refractivity contribution is -0.141. The van der Waals surface area contributed by atoms with Crippen molar-refractivity contribution < 1.29 is 14.3 Å². The lowest BCUT2D eigenvalue weighted by Gasteiger charge is -2.27. The monoisotopic (exact) mass is 292 g/mol. The molecule has 0 bridgehead atoms. The number of hydrogen-bond acceptors (Lipinski definition) is 4. The van der Waals surface area contributed by atoms with Gasteiger partial charge in [0.2, 0.25) is 5.91 Å². The average Bonchev–Trinajstić information content (AvgIpc) is 2.51. The van der Waals surface area contributed by atoms with Gasteiger partial charge in [-0.15, -0.1) is 0 Å². The van der Waals surface area contributed by atoms with Crippen LogP contribution in [0, 0.1) is 0 Å². The summed E-state index contributed by atoms with van der Waals surface area (Å²) in [5, 5.41) is 0. The Morgan fingerprint density at radius 3 is 2.38 bits per heavy atom. The fraction of sp³-hybridized carbons (Fsp3) is 0.500. The van der Waals surface area contributed by atoms with Crippen LogP contribution < -0.4 is 0 Å².